The standard InChI is InChI=1S/C15H22O2.Mg.2H/c1-3-4-5-9-12-15(2,14(16)17)13-10-7-6-8-11-13;;;/h6-8,10-11H,3-5,9,12H2,1-2H3,(H,16,17);;;. The van der Waals surface area contributed by atoms with Crippen LogP contribution < -0.4 is 0 Å². The van der Waals surface area contributed by atoms with Crippen molar-refractivity contribution in [2.45, 2.75) is 51.4 Å². The number of unbranched alkanes of at least 4 members (excludes halogenated alkanes) is 3. The molecule has 0 amide bonds. The molecule has 0 fully saturated rings. The summed E-state index contributed by atoms with van der Waals surface area (Å²) in [6, 6.07) is 9.55. The van der Waals surface area contributed by atoms with Crippen molar-refractivity contribution in [1.82, 2.24) is 0 Å². The van der Waals surface area contributed by atoms with Crippen molar-refractivity contribution in [2.24, 2.45) is 0 Å². The maximum absolute atomic E-state index is 11.5. The molecule has 0 spiro atoms. The quantitative estimate of drug-likeness (QED) is 0.604. The molecule has 1 N–H and O–H groups in total. The minimum absolute atomic E-state index is 0. The molecule has 0 saturated heterocycles. The summed E-state index contributed by atoms with van der Waals surface area (Å²) in [7, 11) is 0. The predicted molar refractivity (Wildman–Crippen MR) is 78.7 cm³/mol. The molecule has 0 bridgehead atoms. The summed E-state index contributed by atoms with van der Waals surface area (Å²) >= 11 is 0. The maximum Gasteiger partial charge on any atom is 0.316 e. The first-order chi connectivity index (χ1) is 8.11. The third-order valence-electron chi connectivity index (χ3n) is 3.41. The summed E-state index contributed by atoms with van der Waals surface area (Å²) in [6.45, 7) is 3.99. The van der Waals surface area contributed by atoms with E-state index >= 15 is 0 Å². The van der Waals surface area contributed by atoms with Crippen LogP contribution in [0.1, 0.15) is 51.5 Å². The van der Waals surface area contributed by atoms with Gasteiger partial charge in [-0.05, 0) is 18.9 Å². The first-order valence-corrected chi connectivity index (χ1v) is 6.40. The Hall–Kier alpha value is -0.544. The van der Waals surface area contributed by atoms with Crippen LogP contribution in [0.2, 0.25) is 0 Å². The van der Waals surface area contributed by atoms with E-state index in [1.54, 1.807) is 0 Å². The molecule has 0 saturated carbocycles. The van der Waals surface area contributed by atoms with Gasteiger partial charge in [0.1, 0.15) is 0 Å². The number of carboxylic acid groups (broad SMARTS) is 1. The molecule has 1 unspecified atom stereocenters. The lowest BCUT2D eigenvalue weighted by Gasteiger charge is -2.25. The van der Waals surface area contributed by atoms with E-state index < -0.39 is 11.4 Å². The molecular formula is C15H24MgO2. The van der Waals surface area contributed by atoms with E-state index in [9.17, 15) is 9.90 Å². The van der Waals surface area contributed by atoms with Gasteiger partial charge in [-0.15, -0.1) is 0 Å². The Morgan fingerprint density at radius 1 is 1.17 bits per heavy atom. The van der Waals surface area contributed by atoms with Gasteiger partial charge in [0.05, 0.1) is 5.41 Å². The highest BCUT2D eigenvalue weighted by molar-refractivity contribution is 5.80. The Morgan fingerprint density at radius 2 is 1.78 bits per heavy atom. The van der Waals surface area contributed by atoms with E-state index in [4.69, 9.17) is 0 Å². The molecule has 0 heterocycles. The Morgan fingerprint density at radius 3 is 2.28 bits per heavy atom. The molecular weight excluding hydrogens is 236 g/mol. The van der Waals surface area contributed by atoms with Crippen molar-refractivity contribution in [3.63, 3.8) is 0 Å². The molecule has 0 aromatic heterocycles. The second-order valence-electron chi connectivity index (χ2n) is 4.81. The van der Waals surface area contributed by atoms with Gasteiger partial charge in [-0.3, -0.25) is 4.79 Å². The Balaban J connectivity index is 0.00000289. The van der Waals surface area contributed by atoms with Crippen LogP contribution in [0.15, 0.2) is 30.3 Å². The van der Waals surface area contributed by atoms with Gasteiger partial charge in [0.2, 0.25) is 0 Å². The number of carboxylic acids is 1. The fraction of sp³-hybridized carbons (Fsp3) is 0.533. The number of carbonyl (C=O) groups is 1. The molecule has 1 aromatic rings. The van der Waals surface area contributed by atoms with Crippen LogP contribution in [0.25, 0.3) is 0 Å². The third kappa shape index (κ3) is 4.61. The van der Waals surface area contributed by atoms with Crippen molar-refractivity contribution in [3.8, 4) is 0 Å². The summed E-state index contributed by atoms with van der Waals surface area (Å²) in [5.41, 5.74) is 0.165. The highest BCUT2D eigenvalue weighted by Crippen LogP contribution is 2.30. The first kappa shape index (κ1) is 17.5. The largest absolute Gasteiger partial charge is 0.481 e. The number of rotatable bonds is 7. The van der Waals surface area contributed by atoms with Crippen molar-refractivity contribution >= 4 is 29.0 Å². The van der Waals surface area contributed by atoms with Gasteiger partial charge in [-0.2, -0.15) is 0 Å². The zero-order valence-corrected chi connectivity index (χ0v) is 10.8. The number of aliphatic carboxylic acids is 1. The minimum Gasteiger partial charge on any atom is -0.481 e. The molecule has 2 nitrogen and oxygen atoms in total. The van der Waals surface area contributed by atoms with E-state index in [0.717, 1.165) is 18.4 Å². The second-order valence-corrected chi connectivity index (χ2v) is 4.81. The van der Waals surface area contributed by atoms with E-state index in [0.29, 0.717) is 6.42 Å². The molecule has 0 aliphatic carbocycles. The van der Waals surface area contributed by atoms with Gasteiger partial charge in [-0.25, -0.2) is 0 Å². The highest BCUT2D eigenvalue weighted by Gasteiger charge is 2.34. The average Bonchev–Trinajstić information content (AvgIpc) is 2.35. The van der Waals surface area contributed by atoms with E-state index in [-0.39, 0.29) is 23.1 Å². The second kappa shape index (κ2) is 8.54. The van der Waals surface area contributed by atoms with Crippen LogP contribution in [-0.4, -0.2) is 34.1 Å². The highest BCUT2D eigenvalue weighted by atomic mass is 24.3. The maximum atomic E-state index is 11.5. The van der Waals surface area contributed by atoms with Crippen LogP contribution in [0.5, 0.6) is 0 Å². The molecule has 1 atom stereocenters. The molecule has 1 rings (SSSR count). The van der Waals surface area contributed by atoms with E-state index in [2.05, 4.69) is 6.92 Å². The molecule has 1 aromatic carbocycles. The molecule has 0 aliphatic rings. The van der Waals surface area contributed by atoms with Gasteiger partial charge in [-0.1, -0.05) is 62.9 Å². The van der Waals surface area contributed by atoms with Gasteiger partial charge in [0, 0.05) is 0 Å². The zero-order valence-electron chi connectivity index (χ0n) is 10.8. The topological polar surface area (TPSA) is 37.3 Å². The summed E-state index contributed by atoms with van der Waals surface area (Å²) in [5, 5.41) is 9.44. The Bertz CT molecular complexity index is 351. The SMILES string of the molecule is CCCCCCC(C)(C(=O)O)c1ccccc1.[MgH2]. The molecule has 18 heavy (non-hydrogen) atoms. The Labute approximate surface area is 126 Å². The number of hydrogen-bond donors (Lipinski definition) is 1. The van der Waals surface area contributed by atoms with Gasteiger partial charge in [0.15, 0.2) is 0 Å². The van der Waals surface area contributed by atoms with Gasteiger partial charge >= 0.3 is 29.0 Å². The van der Waals surface area contributed by atoms with Crippen LogP contribution >= 0.6 is 0 Å². The lowest BCUT2D eigenvalue weighted by atomic mass is 9.78. The van der Waals surface area contributed by atoms with Gasteiger partial charge < -0.3 is 5.11 Å². The summed E-state index contributed by atoms with van der Waals surface area (Å²) in [5.74, 6) is -0.722. The van der Waals surface area contributed by atoms with Crippen LogP contribution in [0.3, 0.4) is 0 Å². The minimum atomic E-state index is -0.741. The fourth-order valence-corrected chi connectivity index (χ4v) is 2.09. The van der Waals surface area contributed by atoms with E-state index in [1.807, 2.05) is 37.3 Å². The van der Waals surface area contributed by atoms with Crippen molar-refractivity contribution in [2.75, 3.05) is 0 Å². The third-order valence-corrected chi connectivity index (χ3v) is 3.41. The van der Waals surface area contributed by atoms with Crippen molar-refractivity contribution in [1.29, 1.82) is 0 Å². The Kier molecular flexibility index (Phi) is 8.28. The normalized spacial score (nSPS) is 13.4. The van der Waals surface area contributed by atoms with E-state index in [1.165, 1.54) is 12.8 Å². The molecule has 98 valence electrons. The van der Waals surface area contributed by atoms with Crippen LogP contribution in [0, 0.1) is 0 Å². The van der Waals surface area contributed by atoms with Crippen molar-refractivity contribution < 1.29 is 9.90 Å². The van der Waals surface area contributed by atoms with Crippen LogP contribution in [-0.2, 0) is 10.2 Å². The smallest absolute Gasteiger partial charge is 0.316 e. The number of benzene rings is 1. The lowest BCUT2D eigenvalue weighted by molar-refractivity contribution is -0.143. The first-order valence-electron chi connectivity index (χ1n) is 6.40. The molecule has 0 aliphatic heterocycles. The number of hydrogen-bond acceptors (Lipinski definition) is 1. The summed E-state index contributed by atoms with van der Waals surface area (Å²) < 4.78 is 0. The summed E-state index contributed by atoms with van der Waals surface area (Å²) in [4.78, 5) is 11.5. The molecule has 0 radical (unpaired) electrons. The van der Waals surface area contributed by atoms with Gasteiger partial charge in [0.25, 0.3) is 0 Å². The zero-order chi connectivity index (χ0) is 12.7. The van der Waals surface area contributed by atoms with Crippen LogP contribution in [0.4, 0.5) is 0 Å². The lowest BCUT2D eigenvalue weighted by Crippen LogP contribution is -2.32. The molecule has 3 heteroatoms. The monoisotopic (exact) mass is 260 g/mol. The van der Waals surface area contributed by atoms with Crippen molar-refractivity contribution in [3.05, 3.63) is 35.9 Å². The fourth-order valence-electron chi connectivity index (χ4n) is 2.09. The average molecular weight is 261 g/mol. The summed E-state index contributed by atoms with van der Waals surface area (Å²) in [6.07, 6.45) is 5.17. The predicted octanol–water partition coefficient (Wildman–Crippen LogP) is 3.08.